The Bertz CT molecular complexity index is 1050. The third kappa shape index (κ3) is 3.75. The van der Waals surface area contributed by atoms with Crippen molar-refractivity contribution in [3.05, 3.63) is 64.2 Å². The Morgan fingerprint density at radius 1 is 1.21 bits per heavy atom. The van der Waals surface area contributed by atoms with Crippen LogP contribution in [-0.2, 0) is 9.59 Å². The van der Waals surface area contributed by atoms with Gasteiger partial charge in [0.1, 0.15) is 17.9 Å². The van der Waals surface area contributed by atoms with Crippen molar-refractivity contribution in [2.45, 2.75) is 6.92 Å². The molecule has 1 N–H and O–H groups in total. The van der Waals surface area contributed by atoms with Crippen molar-refractivity contribution in [3.63, 3.8) is 0 Å². The first-order valence-corrected chi connectivity index (χ1v) is 8.63. The van der Waals surface area contributed by atoms with Gasteiger partial charge in [0.25, 0.3) is 11.8 Å². The Balaban J connectivity index is 1.97. The highest BCUT2D eigenvalue weighted by molar-refractivity contribution is 6.39. The van der Waals surface area contributed by atoms with E-state index in [9.17, 15) is 14.4 Å². The average molecular weight is 395 g/mol. The topological polar surface area (TPSA) is 75.7 Å². The Labute approximate surface area is 166 Å². The molecule has 0 aliphatic carbocycles. The van der Waals surface area contributed by atoms with E-state index < -0.39 is 17.8 Å². The molecule has 140 valence electrons. The first-order valence-electron chi connectivity index (χ1n) is 8.25. The van der Waals surface area contributed by atoms with Gasteiger partial charge in [0.2, 0.25) is 0 Å². The average Bonchev–Trinajstić information content (AvgIpc) is 2.66. The number of imide groups is 2. The van der Waals surface area contributed by atoms with E-state index in [1.54, 1.807) is 43.3 Å². The van der Waals surface area contributed by atoms with E-state index in [4.69, 9.17) is 22.8 Å². The van der Waals surface area contributed by atoms with Crippen LogP contribution < -0.4 is 15.0 Å². The Morgan fingerprint density at radius 3 is 2.64 bits per heavy atom. The molecule has 0 bridgehead atoms. The number of para-hydroxylation sites is 1. The number of halogens is 1. The number of benzene rings is 2. The molecular formula is C21H15ClN2O4. The van der Waals surface area contributed by atoms with Crippen molar-refractivity contribution in [3.8, 4) is 18.1 Å². The van der Waals surface area contributed by atoms with Crippen molar-refractivity contribution in [1.29, 1.82) is 0 Å². The van der Waals surface area contributed by atoms with E-state index in [0.29, 0.717) is 17.0 Å². The number of nitrogens with zero attached hydrogens (tertiary/aromatic N) is 1. The maximum absolute atomic E-state index is 12.9. The highest BCUT2D eigenvalue weighted by atomic mass is 35.5. The van der Waals surface area contributed by atoms with Crippen LogP contribution >= 0.6 is 11.6 Å². The summed E-state index contributed by atoms with van der Waals surface area (Å²) in [5.74, 6) is 1.23. The van der Waals surface area contributed by atoms with E-state index >= 15 is 0 Å². The van der Waals surface area contributed by atoms with Gasteiger partial charge in [0.15, 0.2) is 0 Å². The summed E-state index contributed by atoms with van der Waals surface area (Å²) in [5.41, 5.74) is 1.43. The summed E-state index contributed by atoms with van der Waals surface area (Å²) in [7, 11) is 0. The number of amides is 4. The summed E-state index contributed by atoms with van der Waals surface area (Å²) in [5, 5.41) is 2.47. The number of barbiturate groups is 1. The summed E-state index contributed by atoms with van der Waals surface area (Å²) in [4.78, 5) is 38.3. The molecule has 1 aliphatic rings. The standard InChI is InChI=1S/C21H15ClN2O4/c1-3-10-28-18-9-8-14(12-16(18)22)11-15-19(25)23-21(27)24(20(15)26)17-7-5-4-6-13(17)2/h1,4-9,11-12H,10H2,2H3,(H,23,25,27)/b15-11+. The lowest BCUT2D eigenvalue weighted by Gasteiger charge is -2.27. The van der Waals surface area contributed by atoms with Crippen LogP contribution in [0.15, 0.2) is 48.0 Å². The zero-order valence-corrected chi connectivity index (χ0v) is 15.6. The summed E-state index contributed by atoms with van der Waals surface area (Å²) in [6.07, 6.45) is 6.52. The van der Waals surface area contributed by atoms with E-state index in [2.05, 4.69) is 11.2 Å². The number of anilines is 1. The molecule has 0 atom stereocenters. The minimum absolute atomic E-state index is 0.0640. The Kier molecular flexibility index (Phi) is 5.48. The fourth-order valence-corrected chi connectivity index (χ4v) is 2.94. The molecule has 28 heavy (non-hydrogen) atoms. The SMILES string of the molecule is C#CCOc1ccc(/C=C2\C(=O)NC(=O)N(c3ccccc3C)C2=O)cc1Cl. The Hall–Kier alpha value is -3.56. The normalized spacial score (nSPS) is 15.4. The third-order valence-corrected chi connectivity index (χ3v) is 4.33. The highest BCUT2D eigenvalue weighted by Crippen LogP contribution is 2.28. The van der Waals surface area contributed by atoms with Crippen LogP contribution in [0, 0.1) is 19.3 Å². The number of hydrogen-bond donors (Lipinski definition) is 1. The van der Waals surface area contributed by atoms with Gasteiger partial charge in [-0.25, -0.2) is 9.69 Å². The summed E-state index contributed by atoms with van der Waals surface area (Å²) in [6.45, 7) is 1.83. The fraction of sp³-hybridized carbons (Fsp3) is 0.0952. The molecule has 1 saturated heterocycles. The van der Waals surface area contributed by atoms with Gasteiger partial charge in [-0.05, 0) is 42.3 Å². The third-order valence-electron chi connectivity index (χ3n) is 4.04. The summed E-state index contributed by atoms with van der Waals surface area (Å²) in [6, 6.07) is 10.9. The number of terminal acetylenes is 1. The first kappa shape index (κ1) is 19.2. The van der Waals surface area contributed by atoms with Gasteiger partial charge in [-0.15, -0.1) is 6.42 Å². The minimum Gasteiger partial charge on any atom is -0.479 e. The summed E-state index contributed by atoms with van der Waals surface area (Å²) >= 11 is 6.15. The maximum atomic E-state index is 12.9. The largest absolute Gasteiger partial charge is 0.479 e. The second-order valence-corrected chi connectivity index (χ2v) is 6.33. The van der Waals surface area contributed by atoms with Crippen LogP contribution in [0.4, 0.5) is 10.5 Å². The Morgan fingerprint density at radius 2 is 1.96 bits per heavy atom. The molecule has 1 heterocycles. The molecule has 0 radical (unpaired) electrons. The molecule has 0 aromatic heterocycles. The molecule has 7 heteroatoms. The van der Waals surface area contributed by atoms with Crippen LogP contribution in [0.3, 0.4) is 0 Å². The number of urea groups is 1. The zero-order valence-electron chi connectivity index (χ0n) is 14.9. The number of nitrogens with one attached hydrogen (secondary N) is 1. The second kappa shape index (κ2) is 7.99. The van der Waals surface area contributed by atoms with Gasteiger partial charge in [0, 0.05) is 0 Å². The second-order valence-electron chi connectivity index (χ2n) is 5.93. The van der Waals surface area contributed by atoms with Crippen molar-refractivity contribution in [2.24, 2.45) is 0 Å². The van der Waals surface area contributed by atoms with Crippen LogP contribution in [0.25, 0.3) is 6.08 Å². The van der Waals surface area contributed by atoms with Gasteiger partial charge in [-0.1, -0.05) is 41.8 Å². The molecule has 0 unspecified atom stereocenters. The quantitative estimate of drug-likeness (QED) is 0.490. The maximum Gasteiger partial charge on any atom is 0.335 e. The number of hydrogen-bond acceptors (Lipinski definition) is 4. The molecule has 2 aromatic carbocycles. The monoisotopic (exact) mass is 394 g/mol. The fourth-order valence-electron chi connectivity index (χ4n) is 2.70. The van der Waals surface area contributed by atoms with E-state index in [1.807, 2.05) is 0 Å². The van der Waals surface area contributed by atoms with Crippen LogP contribution in [0.1, 0.15) is 11.1 Å². The lowest BCUT2D eigenvalue weighted by atomic mass is 10.1. The summed E-state index contributed by atoms with van der Waals surface area (Å²) < 4.78 is 5.29. The number of carbonyl (C=O) groups excluding carboxylic acids is 3. The lowest BCUT2D eigenvalue weighted by Crippen LogP contribution is -2.54. The number of rotatable bonds is 4. The molecule has 3 rings (SSSR count). The molecule has 6 nitrogen and oxygen atoms in total. The van der Waals surface area contributed by atoms with Crippen molar-refractivity contribution >= 4 is 41.2 Å². The smallest absolute Gasteiger partial charge is 0.335 e. The molecule has 2 aromatic rings. The number of aryl methyl sites for hydroxylation is 1. The van der Waals surface area contributed by atoms with Crippen molar-refractivity contribution in [2.75, 3.05) is 11.5 Å². The van der Waals surface area contributed by atoms with Gasteiger partial charge in [0.05, 0.1) is 10.7 Å². The molecule has 1 fully saturated rings. The van der Waals surface area contributed by atoms with Gasteiger partial charge in [-0.3, -0.25) is 14.9 Å². The van der Waals surface area contributed by atoms with Crippen molar-refractivity contribution < 1.29 is 19.1 Å². The predicted octanol–water partition coefficient (Wildman–Crippen LogP) is 3.33. The van der Waals surface area contributed by atoms with Gasteiger partial charge in [-0.2, -0.15) is 0 Å². The van der Waals surface area contributed by atoms with Gasteiger partial charge < -0.3 is 4.74 Å². The number of ether oxygens (including phenoxy) is 1. The molecule has 0 saturated carbocycles. The van der Waals surface area contributed by atoms with E-state index in [0.717, 1.165) is 10.5 Å². The first-order chi connectivity index (χ1) is 13.4. The molecule has 0 spiro atoms. The van der Waals surface area contributed by atoms with Crippen molar-refractivity contribution in [1.82, 2.24) is 5.32 Å². The predicted molar refractivity (Wildman–Crippen MR) is 106 cm³/mol. The van der Waals surface area contributed by atoms with Crippen LogP contribution in [0.2, 0.25) is 5.02 Å². The van der Waals surface area contributed by atoms with Crippen LogP contribution in [0.5, 0.6) is 5.75 Å². The van der Waals surface area contributed by atoms with E-state index in [-0.39, 0.29) is 17.2 Å². The zero-order chi connectivity index (χ0) is 20.3. The molecule has 1 aliphatic heterocycles. The highest BCUT2D eigenvalue weighted by Gasteiger charge is 2.37. The van der Waals surface area contributed by atoms with Crippen LogP contribution in [-0.4, -0.2) is 24.5 Å². The minimum atomic E-state index is -0.794. The van der Waals surface area contributed by atoms with E-state index in [1.165, 1.54) is 12.1 Å². The lowest BCUT2D eigenvalue weighted by molar-refractivity contribution is -0.122. The molecule has 4 amide bonds. The molecular weight excluding hydrogens is 380 g/mol. The number of carbonyl (C=O) groups is 3. The van der Waals surface area contributed by atoms with Gasteiger partial charge >= 0.3 is 6.03 Å².